The van der Waals surface area contributed by atoms with Crippen molar-refractivity contribution in [1.82, 2.24) is 10.3 Å². The molecule has 0 amide bonds. The molecule has 0 fully saturated rings. The number of aromatic nitrogens is 1. The Labute approximate surface area is 142 Å². The third-order valence-corrected chi connectivity index (χ3v) is 4.12. The lowest BCUT2D eigenvalue weighted by atomic mass is 10.1. The molecule has 5 heteroatoms. The van der Waals surface area contributed by atoms with E-state index < -0.39 is 0 Å². The Morgan fingerprint density at radius 3 is 2.76 bits per heavy atom. The first kappa shape index (κ1) is 16.5. The lowest BCUT2D eigenvalue weighted by molar-refractivity contribution is 0.304. The zero-order valence-corrected chi connectivity index (χ0v) is 15.1. The van der Waals surface area contributed by atoms with Gasteiger partial charge in [0.2, 0.25) is 0 Å². The molecule has 2 rings (SSSR count). The Bertz CT molecular complexity index is 590. The van der Waals surface area contributed by atoms with Crippen LogP contribution in [0.15, 0.2) is 45.6 Å². The Hall–Kier alpha value is -0.910. The predicted octanol–water partition coefficient (Wildman–Crippen LogP) is 4.69. The van der Waals surface area contributed by atoms with Crippen LogP contribution in [-0.2, 0) is 13.2 Å². The van der Waals surface area contributed by atoms with Crippen LogP contribution in [0.3, 0.4) is 0 Å². The standard InChI is InChI=1S/C16H18Br2N2O/c1-2-5-19-8-12-3-4-13(16(18)6-12)11-21-15-7-14(17)9-20-10-15/h3-4,6-7,9-10,19H,2,5,8,11H2,1H3. The van der Waals surface area contributed by atoms with Gasteiger partial charge in [-0.3, -0.25) is 4.98 Å². The molecule has 0 spiro atoms. The highest BCUT2D eigenvalue weighted by molar-refractivity contribution is 9.10. The monoisotopic (exact) mass is 412 g/mol. The van der Waals surface area contributed by atoms with Crippen molar-refractivity contribution in [1.29, 1.82) is 0 Å². The molecular formula is C16H18Br2N2O. The Kier molecular flexibility index (Phi) is 6.67. The summed E-state index contributed by atoms with van der Waals surface area (Å²) >= 11 is 7.00. The first-order chi connectivity index (χ1) is 10.2. The number of pyridine rings is 1. The number of ether oxygens (including phenoxy) is 1. The minimum Gasteiger partial charge on any atom is -0.487 e. The van der Waals surface area contributed by atoms with Crippen LogP contribution >= 0.6 is 31.9 Å². The van der Waals surface area contributed by atoms with Crippen molar-refractivity contribution >= 4 is 31.9 Å². The van der Waals surface area contributed by atoms with Gasteiger partial charge in [-0.25, -0.2) is 0 Å². The first-order valence-electron chi connectivity index (χ1n) is 6.90. The van der Waals surface area contributed by atoms with Crippen LogP contribution in [0.5, 0.6) is 5.75 Å². The van der Waals surface area contributed by atoms with E-state index in [4.69, 9.17) is 4.74 Å². The molecule has 112 valence electrons. The molecule has 3 nitrogen and oxygen atoms in total. The van der Waals surface area contributed by atoms with Crippen molar-refractivity contribution in [2.75, 3.05) is 6.54 Å². The van der Waals surface area contributed by atoms with Gasteiger partial charge in [0.15, 0.2) is 0 Å². The predicted molar refractivity (Wildman–Crippen MR) is 92.4 cm³/mol. The quantitative estimate of drug-likeness (QED) is 0.668. The summed E-state index contributed by atoms with van der Waals surface area (Å²) in [6, 6.07) is 8.27. The fourth-order valence-electron chi connectivity index (χ4n) is 1.86. The molecule has 1 heterocycles. The van der Waals surface area contributed by atoms with Gasteiger partial charge in [0.25, 0.3) is 0 Å². The van der Waals surface area contributed by atoms with Gasteiger partial charge < -0.3 is 10.1 Å². The molecule has 1 aromatic heterocycles. The molecule has 0 atom stereocenters. The van der Waals surface area contributed by atoms with E-state index in [0.29, 0.717) is 6.61 Å². The van der Waals surface area contributed by atoms with E-state index in [1.165, 1.54) is 5.56 Å². The second-order valence-corrected chi connectivity index (χ2v) is 6.50. The van der Waals surface area contributed by atoms with Crippen LogP contribution in [0, 0.1) is 0 Å². The molecule has 0 aliphatic heterocycles. The Morgan fingerprint density at radius 1 is 1.19 bits per heavy atom. The van der Waals surface area contributed by atoms with Gasteiger partial charge in [-0.05, 0) is 46.6 Å². The number of rotatable bonds is 7. The normalized spacial score (nSPS) is 10.6. The van der Waals surface area contributed by atoms with Gasteiger partial charge in [0, 0.05) is 27.3 Å². The lowest BCUT2D eigenvalue weighted by Gasteiger charge is -2.10. The molecule has 21 heavy (non-hydrogen) atoms. The first-order valence-corrected chi connectivity index (χ1v) is 8.49. The van der Waals surface area contributed by atoms with E-state index in [-0.39, 0.29) is 0 Å². The number of nitrogens with zero attached hydrogens (tertiary/aromatic N) is 1. The molecule has 0 radical (unpaired) electrons. The van der Waals surface area contributed by atoms with Gasteiger partial charge in [0.1, 0.15) is 12.4 Å². The molecular weight excluding hydrogens is 396 g/mol. The SMILES string of the molecule is CCCNCc1ccc(COc2cncc(Br)c2)c(Br)c1. The molecule has 0 saturated carbocycles. The van der Waals surface area contributed by atoms with Crippen LogP contribution in [0.25, 0.3) is 0 Å². The zero-order chi connectivity index (χ0) is 15.1. The van der Waals surface area contributed by atoms with Crippen LogP contribution in [0.2, 0.25) is 0 Å². The fourth-order valence-corrected chi connectivity index (χ4v) is 2.74. The summed E-state index contributed by atoms with van der Waals surface area (Å²) < 4.78 is 7.74. The summed E-state index contributed by atoms with van der Waals surface area (Å²) in [7, 11) is 0. The summed E-state index contributed by atoms with van der Waals surface area (Å²) in [6.07, 6.45) is 4.59. The topological polar surface area (TPSA) is 34.1 Å². The molecule has 0 saturated heterocycles. The molecule has 1 aromatic carbocycles. The number of hydrogen-bond acceptors (Lipinski definition) is 3. The third-order valence-electron chi connectivity index (χ3n) is 2.95. The fraction of sp³-hybridized carbons (Fsp3) is 0.312. The van der Waals surface area contributed by atoms with E-state index >= 15 is 0 Å². The average Bonchev–Trinajstić information content (AvgIpc) is 2.47. The van der Waals surface area contributed by atoms with Gasteiger partial charge in [-0.2, -0.15) is 0 Å². The van der Waals surface area contributed by atoms with E-state index in [0.717, 1.165) is 39.8 Å². The summed E-state index contributed by atoms with van der Waals surface area (Å²) in [4.78, 5) is 4.08. The maximum absolute atomic E-state index is 5.75. The Morgan fingerprint density at radius 2 is 2.05 bits per heavy atom. The summed E-state index contributed by atoms with van der Waals surface area (Å²) in [6.45, 7) is 4.61. The molecule has 0 aliphatic carbocycles. The van der Waals surface area contributed by atoms with Crippen molar-refractivity contribution in [2.45, 2.75) is 26.5 Å². The van der Waals surface area contributed by atoms with Gasteiger partial charge in [-0.1, -0.05) is 35.0 Å². The summed E-state index contributed by atoms with van der Waals surface area (Å²) in [5.41, 5.74) is 2.39. The average molecular weight is 414 g/mol. The maximum Gasteiger partial charge on any atom is 0.139 e. The highest BCUT2D eigenvalue weighted by atomic mass is 79.9. The largest absolute Gasteiger partial charge is 0.487 e. The second kappa shape index (κ2) is 8.51. The number of benzene rings is 1. The van der Waals surface area contributed by atoms with Gasteiger partial charge in [0.05, 0.1) is 6.20 Å². The highest BCUT2D eigenvalue weighted by Crippen LogP contribution is 2.22. The maximum atomic E-state index is 5.75. The zero-order valence-electron chi connectivity index (χ0n) is 11.9. The van der Waals surface area contributed by atoms with Gasteiger partial charge in [-0.15, -0.1) is 0 Å². The molecule has 0 aliphatic rings. The van der Waals surface area contributed by atoms with E-state index in [1.54, 1.807) is 12.4 Å². The van der Waals surface area contributed by atoms with E-state index in [2.05, 4.69) is 67.3 Å². The highest BCUT2D eigenvalue weighted by Gasteiger charge is 2.03. The number of nitrogens with one attached hydrogen (secondary N) is 1. The Balaban J connectivity index is 1.94. The number of hydrogen-bond donors (Lipinski definition) is 1. The van der Waals surface area contributed by atoms with Crippen molar-refractivity contribution < 1.29 is 4.74 Å². The summed E-state index contributed by atoms with van der Waals surface area (Å²) in [5.74, 6) is 0.755. The molecule has 0 bridgehead atoms. The van der Waals surface area contributed by atoms with Crippen molar-refractivity contribution in [3.8, 4) is 5.75 Å². The molecule has 1 N–H and O–H groups in total. The smallest absolute Gasteiger partial charge is 0.139 e. The van der Waals surface area contributed by atoms with E-state index in [9.17, 15) is 0 Å². The minimum atomic E-state index is 0.515. The van der Waals surface area contributed by atoms with Crippen molar-refractivity contribution in [3.63, 3.8) is 0 Å². The van der Waals surface area contributed by atoms with Crippen molar-refractivity contribution in [3.05, 3.63) is 56.7 Å². The van der Waals surface area contributed by atoms with Gasteiger partial charge >= 0.3 is 0 Å². The number of halogens is 2. The van der Waals surface area contributed by atoms with Crippen LogP contribution < -0.4 is 10.1 Å². The lowest BCUT2D eigenvalue weighted by Crippen LogP contribution is -2.13. The third kappa shape index (κ3) is 5.41. The van der Waals surface area contributed by atoms with Crippen LogP contribution in [0.1, 0.15) is 24.5 Å². The molecule has 0 unspecified atom stereocenters. The van der Waals surface area contributed by atoms with Crippen LogP contribution in [-0.4, -0.2) is 11.5 Å². The summed E-state index contributed by atoms with van der Waals surface area (Å²) in [5, 5.41) is 3.40. The second-order valence-electron chi connectivity index (χ2n) is 4.73. The van der Waals surface area contributed by atoms with Crippen LogP contribution in [0.4, 0.5) is 0 Å². The van der Waals surface area contributed by atoms with Crippen molar-refractivity contribution in [2.24, 2.45) is 0 Å². The van der Waals surface area contributed by atoms with E-state index in [1.807, 2.05) is 6.07 Å². The molecule has 2 aromatic rings. The minimum absolute atomic E-state index is 0.515.